The van der Waals surface area contributed by atoms with Crippen LogP contribution in [0.2, 0.25) is 0 Å². The summed E-state index contributed by atoms with van der Waals surface area (Å²) in [5.41, 5.74) is 1.40. The summed E-state index contributed by atoms with van der Waals surface area (Å²) in [4.78, 5) is 2.52. The van der Waals surface area contributed by atoms with Gasteiger partial charge in [0.2, 0.25) is 0 Å². The fourth-order valence-electron chi connectivity index (χ4n) is 2.03. The molecule has 1 aromatic carbocycles. The van der Waals surface area contributed by atoms with Gasteiger partial charge in [-0.3, -0.25) is 4.90 Å². The Morgan fingerprint density at radius 2 is 2.00 bits per heavy atom. The molecule has 1 aromatic rings. The normalized spacial score (nSPS) is 18.1. The zero-order chi connectivity index (χ0) is 10.8. The van der Waals surface area contributed by atoms with Crippen LogP contribution in [0.4, 0.5) is 0 Å². The number of rotatable bonds is 3. The SMILES string of the molecule is CC(C)C1CN(Cc2ccccc2Br)C1. The highest BCUT2D eigenvalue weighted by atomic mass is 79.9. The van der Waals surface area contributed by atoms with Gasteiger partial charge >= 0.3 is 0 Å². The average molecular weight is 268 g/mol. The molecule has 1 saturated heterocycles. The molecular weight excluding hydrogens is 250 g/mol. The summed E-state index contributed by atoms with van der Waals surface area (Å²) in [5, 5.41) is 0. The van der Waals surface area contributed by atoms with E-state index in [4.69, 9.17) is 0 Å². The summed E-state index contributed by atoms with van der Waals surface area (Å²) in [6.07, 6.45) is 0. The number of hydrogen-bond acceptors (Lipinski definition) is 1. The predicted octanol–water partition coefficient (Wildman–Crippen LogP) is 3.54. The lowest BCUT2D eigenvalue weighted by atomic mass is 9.88. The van der Waals surface area contributed by atoms with Crippen molar-refractivity contribution in [1.82, 2.24) is 4.90 Å². The Morgan fingerprint density at radius 3 is 2.60 bits per heavy atom. The van der Waals surface area contributed by atoms with E-state index in [1.807, 2.05) is 0 Å². The second kappa shape index (κ2) is 4.67. The first-order chi connectivity index (χ1) is 7.16. The highest BCUT2D eigenvalue weighted by Crippen LogP contribution is 2.26. The van der Waals surface area contributed by atoms with Gasteiger partial charge in [0, 0.05) is 24.1 Å². The largest absolute Gasteiger partial charge is 0.298 e. The van der Waals surface area contributed by atoms with Crippen LogP contribution in [0, 0.1) is 11.8 Å². The number of halogens is 1. The third kappa shape index (κ3) is 2.61. The molecule has 0 unspecified atom stereocenters. The maximum Gasteiger partial charge on any atom is 0.0245 e. The van der Waals surface area contributed by atoms with Crippen LogP contribution in [0.1, 0.15) is 19.4 Å². The molecule has 1 heterocycles. The molecular formula is C13H18BrN. The molecule has 1 aliphatic rings. The average Bonchev–Trinajstić information content (AvgIpc) is 2.12. The molecule has 0 radical (unpaired) electrons. The molecule has 0 bridgehead atoms. The quantitative estimate of drug-likeness (QED) is 0.810. The molecule has 1 nitrogen and oxygen atoms in total. The number of nitrogens with zero attached hydrogens (tertiary/aromatic N) is 1. The first-order valence-electron chi connectivity index (χ1n) is 5.62. The lowest BCUT2D eigenvalue weighted by molar-refractivity contribution is 0.0612. The van der Waals surface area contributed by atoms with Crippen LogP contribution in [-0.2, 0) is 6.54 Å². The van der Waals surface area contributed by atoms with E-state index in [-0.39, 0.29) is 0 Å². The smallest absolute Gasteiger partial charge is 0.0245 e. The molecule has 2 rings (SSSR count). The van der Waals surface area contributed by atoms with Crippen molar-refractivity contribution in [3.8, 4) is 0 Å². The summed E-state index contributed by atoms with van der Waals surface area (Å²) in [5.74, 6) is 1.74. The lowest BCUT2D eigenvalue weighted by Gasteiger charge is -2.41. The molecule has 0 aliphatic carbocycles. The summed E-state index contributed by atoms with van der Waals surface area (Å²) in [6.45, 7) is 8.25. The van der Waals surface area contributed by atoms with Crippen molar-refractivity contribution in [1.29, 1.82) is 0 Å². The van der Waals surface area contributed by atoms with Gasteiger partial charge in [-0.15, -0.1) is 0 Å². The predicted molar refractivity (Wildman–Crippen MR) is 67.7 cm³/mol. The standard InChI is InChI=1S/C13H18BrN/c1-10(2)12-8-15(9-12)7-11-5-3-4-6-13(11)14/h3-6,10,12H,7-9H2,1-2H3. The van der Waals surface area contributed by atoms with E-state index >= 15 is 0 Å². The minimum absolute atomic E-state index is 0.834. The second-order valence-electron chi connectivity index (χ2n) is 4.79. The third-order valence-electron chi connectivity index (χ3n) is 3.28. The molecule has 82 valence electrons. The lowest BCUT2D eigenvalue weighted by Crippen LogP contribution is -2.48. The van der Waals surface area contributed by atoms with E-state index in [1.54, 1.807) is 0 Å². The minimum atomic E-state index is 0.834. The number of benzene rings is 1. The van der Waals surface area contributed by atoms with Crippen molar-refractivity contribution < 1.29 is 0 Å². The summed E-state index contributed by atoms with van der Waals surface area (Å²) in [7, 11) is 0. The summed E-state index contributed by atoms with van der Waals surface area (Å²) in [6, 6.07) is 8.50. The second-order valence-corrected chi connectivity index (χ2v) is 5.64. The van der Waals surface area contributed by atoms with Crippen molar-refractivity contribution in [2.75, 3.05) is 13.1 Å². The molecule has 0 N–H and O–H groups in total. The molecule has 2 heteroatoms. The van der Waals surface area contributed by atoms with E-state index in [1.165, 1.54) is 23.1 Å². The fourth-order valence-corrected chi connectivity index (χ4v) is 2.44. The Hall–Kier alpha value is -0.340. The zero-order valence-corrected chi connectivity index (χ0v) is 11.0. The van der Waals surface area contributed by atoms with Gasteiger partial charge < -0.3 is 0 Å². The van der Waals surface area contributed by atoms with Crippen molar-refractivity contribution in [2.24, 2.45) is 11.8 Å². The van der Waals surface area contributed by atoms with Gasteiger partial charge in [-0.1, -0.05) is 48.0 Å². The van der Waals surface area contributed by atoms with Gasteiger partial charge in [0.15, 0.2) is 0 Å². The molecule has 0 spiro atoms. The molecule has 0 amide bonds. The first kappa shape index (κ1) is 11.2. The van der Waals surface area contributed by atoms with Gasteiger partial charge in [-0.05, 0) is 23.5 Å². The molecule has 0 atom stereocenters. The van der Waals surface area contributed by atoms with Crippen LogP contribution in [0.5, 0.6) is 0 Å². The maximum atomic E-state index is 3.60. The summed E-state index contributed by atoms with van der Waals surface area (Å²) >= 11 is 3.60. The van der Waals surface area contributed by atoms with Crippen LogP contribution >= 0.6 is 15.9 Å². The van der Waals surface area contributed by atoms with E-state index in [0.29, 0.717) is 0 Å². The van der Waals surface area contributed by atoms with Crippen LogP contribution in [-0.4, -0.2) is 18.0 Å². The van der Waals surface area contributed by atoms with E-state index < -0.39 is 0 Å². The molecule has 1 aliphatic heterocycles. The zero-order valence-electron chi connectivity index (χ0n) is 9.41. The maximum absolute atomic E-state index is 3.60. The van der Waals surface area contributed by atoms with Gasteiger partial charge in [-0.25, -0.2) is 0 Å². The Bertz CT molecular complexity index is 329. The topological polar surface area (TPSA) is 3.24 Å². The van der Waals surface area contributed by atoms with Gasteiger partial charge in [0.25, 0.3) is 0 Å². The van der Waals surface area contributed by atoms with E-state index in [2.05, 4.69) is 58.9 Å². The minimum Gasteiger partial charge on any atom is -0.298 e. The van der Waals surface area contributed by atoms with Gasteiger partial charge in [0.05, 0.1) is 0 Å². The Morgan fingerprint density at radius 1 is 1.33 bits per heavy atom. The molecule has 15 heavy (non-hydrogen) atoms. The molecule has 0 saturated carbocycles. The number of likely N-dealkylation sites (tertiary alicyclic amines) is 1. The summed E-state index contributed by atoms with van der Waals surface area (Å²) < 4.78 is 1.23. The third-order valence-corrected chi connectivity index (χ3v) is 4.05. The highest BCUT2D eigenvalue weighted by Gasteiger charge is 2.28. The fraction of sp³-hybridized carbons (Fsp3) is 0.538. The van der Waals surface area contributed by atoms with E-state index in [0.717, 1.165) is 18.4 Å². The highest BCUT2D eigenvalue weighted by molar-refractivity contribution is 9.10. The van der Waals surface area contributed by atoms with Crippen LogP contribution in [0.25, 0.3) is 0 Å². The molecule has 0 aromatic heterocycles. The first-order valence-corrected chi connectivity index (χ1v) is 6.42. The Labute approximate surface area is 101 Å². The van der Waals surface area contributed by atoms with Gasteiger partial charge in [0.1, 0.15) is 0 Å². The molecule has 1 fully saturated rings. The van der Waals surface area contributed by atoms with Crippen molar-refractivity contribution in [3.63, 3.8) is 0 Å². The Kier molecular flexibility index (Phi) is 3.47. The van der Waals surface area contributed by atoms with Crippen molar-refractivity contribution in [3.05, 3.63) is 34.3 Å². The van der Waals surface area contributed by atoms with Crippen LogP contribution < -0.4 is 0 Å². The monoisotopic (exact) mass is 267 g/mol. The van der Waals surface area contributed by atoms with Crippen LogP contribution in [0.15, 0.2) is 28.7 Å². The number of hydrogen-bond donors (Lipinski definition) is 0. The van der Waals surface area contributed by atoms with E-state index in [9.17, 15) is 0 Å². The van der Waals surface area contributed by atoms with Crippen molar-refractivity contribution >= 4 is 15.9 Å². The van der Waals surface area contributed by atoms with Crippen molar-refractivity contribution in [2.45, 2.75) is 20.4 Å². The Balaban J connectivity index is 1.88. The van der Waals surface area contributed by atoms with Gasteiger partial charge in [-0.2, -0.15) is 0 Å². The van der Waals surface area contributed by atoms with Crippen LogP contribution in [0.3, 0.4) is 0 Å².